The van der Waals surface area contributed by atoms with E-state index >= 15 is 0 Å². The first-order chi connectivity index (χ1) is 28.5. The normalized spacial score (nSPS) is 12.9. The first-order valence-corrected chi connectivity index (χ1v) is 23.2. The molecule has 0 aliphatic heterocycles. The summed E-state index contributed by atoms with van der Waals surface area (Å²) < 4.78 is 16.6. The molecular formula is C52H84O6. The number of allylic oxidation sites excluding steroid dienone is 16. The highest BCUT2D eigenvalue weighted by Crippen LogP contribution is 2.12. The van der Waals surface area contributed by atoms with E-state index in [2.05, 4.69) is 106 Å². The van der Waals surface area contributed by atoms with E-state index in [4.69, 9.17) is 14.2 Å². The first kappa shape index (κ1) is 54.3. The molecular weight excluding hydrogens is 721 g/mol. The van der Waals surface area contributed by atoms with Crippen LogP contribution >= 0.6 is 0 Å². The zero-order valence-corrected chi connectivity index (χ0v) is 37.3. The molecule has 0 bridgehead atoms. The summed E-state index contributed by atoms with van der Waals surface area (Å²) in [6.07, 6.45) is 59.7. The molecule has 6 heteroatoms. The summed E-state index contributed by atoms with van der Waals surface area (Å²) >= 11 is 0. The van der Waals surface area contributed by atoms with Crippen LogP contribution in [0.1, 0.15) is 194 Å². The van der Waals surface area contributed by atoms with Crippen molar-refractivity contribution in [2.75, 3.05) is 13.2 Å². The third-order valence-electron chi connectivity index (χ3n) is 9.29. The average molecular weight is 805 g/mol. The molecule has 0 radical (unpaired) electrons. The lowest BCUT2D eigenvalue weighted by Gasteiger charge is -2.18. The number of carbonyl (C=O) groups is 3. The predicted octanol–water partition coefficient (Wildman–Crippen LogP) is 15.0. The van der Waals surface area contributed by atoms with Crippen LogP contribution in [0.15, 0.2) is 97.2 Å². The maximum Gasteiger partial charge on any atom is 0.306 e. The zero-order chi connectivity index (χ0) is 42.3. The van der Waals surface area contributed by atoms with Crippen LogP contribution in [0.25, 0.3) is 0 Å². The van der Waals surface area contributed by atoms with Gasteiger partial charge < -0.3 is 14.2 Å². The molecule has 6 nitrogen and oxygen atoms in total. The van der Waals surface area contributed by atoms with Gasteiger partial charge in [0, 0.05) is 19.3 Å². The van der Waals surface area contributed by atoms with Crippen LogP contribution in [0.4, 0.5) is 0 Å². The minimum Gasteiger partial charge on any atom is -0.462 e. The Kier molecular flexibility index (Phi) is 43.1. The first-order valence-electron chi connectivity index (χ1n) is 23.2. The van der Waals surface area contributed by atoms with Crippen LogP contribution in [0.5, 0.6) is 0 Å². The fourth-order valence-corrected chi connectivity index (χ4v) is 5.80. The summed E-state index contributed by atoms with van der Waals surface area (Å²) in [5.41, 5.74) is 0. The smallest absolute Gasteiger partial charge is 0.306 e. The Hall–Kier alpha value is -3.67. The Balaban J connectivity index is 4.54. The Morgan fingerprint density at radius 3 is 1.19 bits per heavy atom. The van der Waals surface area contributed by atoms with Crippen molar-refractivity contribution in [3.63, 3.8) is 0 Å². The van der Waals surface area contributed by atoms with Crippen LogP contribution in [-0.2, 0) is 28.6 Å². The van der Waals surface area contributed by atoms with E-state index in [1.165, 1.54) is 25.7 Å². The second-order valence-electron chi connectivity index (χ2n) is 14.9. The number of hydrogen-bond donors (Lipinski definition) is 0. The van der Waals surface area contributed by atoms with Crippen LogP contribution in [0.3, 0.4) is 0 Å². The summed E-state index contributed by atoms with van der Waals surface area (Å²) in [6.45, 7) is 6.30. The van der Waals surface area contributed by atoms with Crippen molar-refractivity contribution in [2.45, 2.75) is 200 Å². The number of carbonyl (C=O) groups excluding carboxylic acids is 3. The van der Waals surface area contributed by atoms with E-state index in [1.54, 1.807) is 0 Å². The summed E-state index contributed by atoms with van der Waals surface area (Å²) in [6, 6.07) is 0. The van der Waals surface area contributed by atoms with E-state index in [-0.39, 0.29) is 31.6 Å². The number of ether oxygens (including phenoxy) is 3. The molecule has 0 heterocycles. The molecule has 0 aliphatic rings. The minimum atomic E-state index is -0.826. The molecule has 0 aromatic carbocycles. The van der Waals surface area contributed by atoms with Crippen molar-refractivity contribution in [2.24, 2.45) is 0 Å². The molecule has 0 rings (SSSR count). The van der Waals surface area contributed by atoms with E-state index < -0.39 is 12.1 Å². The molecule has 0 aromatic rings. The number of hydrogen-bond acceptors (Lipinski definition) is 6. The highest BCUT2D eigenvalue weighted by molar-refractivity contribution is 5.71. The van der Waals surface area contributed by atoms with Gasteiger partial charge in [0.05, 0.1) is 0 Å². The molecule has 0 aliphatic carbocycles. The maximum absolute atomic E-state index is 12.7. The molecule has 58 heavy (non-hydrogen) atoms. The van der Waals surface area contributed by atoms with Crippen molar-refractivity contribution in [3.8, 4) is 0 Å². The van der Waals surface area contributed by atoms with Crippen LogP contribution in [0.2, 0.25) is 0 Å². The molecule has 0 saturated heterocycles. The predicted molar refractivity (Wildman–Crippen MR) is 247 cm³/mol. The Labute approximate surface area is 356 Å². The van der Waals surface area contributed by atoms with Crippen molar-refractivity contribution < 1.29 is 28.6 Å². The van der Waals surface area contributed by atoms with Crippen LogP contribution in [-0.4, -0.2) is 37.2 Å². The zero-order valence-electron chi connectivity index (χ0n) is 37.3. The third-order valence-corrected chi connectivity index (χ3v) is 9.29. The van der Waals surface area contributed by atoms with Crippen molar-refractivity contribution in [1.29, 1.82) is 0 Å². The third kappa shape index (κ3) is 43.5. The Morgan fingerprint density at radius 2 is 0.741 bits per heavy atom. The highest BCUT2D eigenvalue weighted by atomic mass is 16.6. The molecule has 1 atom stereocenters. The lowest BCUT2D eigenvalue weighted by Crippen LogP contribution is -2.30. The maximum atomic E-state index is 12.7. The molecule has 0 aromatic heterocycles. The number of unbranched alkanes of at least 4 members (excludes halogenated alkanes) is 13. The SMILES string of the molecule is CC/C=C\C/C=C\C/C=C\C/C=C\CCC(=O)OC(COC(=O)CCCCCCC/C=C\C/C=C\CCC)COC(=O)CCCCCCC/C=C\C/C=C\CCCC. The molecule has 0 fully saturated rings. The lowest BCUT2D eigenvalue weighted by atomic mass is 10.1. The standard InChI is InChI=1S/C52H84O6/c1-4-7-10-13-16-19-22-25-28-30-33-36-39-42-45-51(54)57-48-49(58-52(55)46-43-40-37-34-31-27-24-21-18-15-12-9-6-3)47-56-50(53)44-41-38-35-32-29-26-23-20-17-14-11-8-5-2/h9,11-14,16,18,20-23,25,27,31,37,40,49H,4-8,10,15,17,19,24,26,28-30,32-36,38-39,41-48H2,1-3H3/b12-9-,14-11-,16-13-,21-18-,23-20-,25-22-,31-27-,40-37-. The van der Waals surface area contributed by atoms with Gasteiger partial charge >= 0.3 is 17.9 Å². The van der Waals surface area contributed by atoms with Crippen molar-refractivity contribution >= 4 is 17.9 Å². The molecule has 0 N–H and O–H groups in total. The van der Waals surface area contributed by atoms with E-state index in [0.717, 1.165) is 122 Å². The van der Waals surface area contributed by atoms with Gasteiger partial charge in [-0.25, -0.2) is 0 Å². The molecule has 328 valence electrons. The second-order valence-corrected chi connectivity index (χ2v) is 14.9. The molecule has 1 unspecified atom stereocenters. The quantitative estimate of drug-likeness (QED) is 0.0266. The number of rotatable bonds is 40. The molecule has 0 spiro atoms. The molecule has 0 saturated carbocycles. The van der Waals surface area contributed by atoms with Crippen molar-refractivity contribution in [3.05, 3.63) is 97.2 Å². The number of esters is 3. The topological polar surface area (TPSA) is 78.9 Å². The Bertz CT molecular complexity index is 1200. The van der Waals surface area contributed by atoms with Gasteiger partial charge in [-0.1, -0.05) is 176 Å². The minimum absolute atomic E-state index is 0.120. The van der Waals surface area contributed by atoms with E-state index in [1.807, 2.05) is 12.2 Å². The fourth-order valence-electron chi connectivity index (χ4n) is 5.80. The van der Waals surface area contributed by atoms with Gasteiger partial charge in [-0.15, -0.1) is 0 Å². The van der Waals surface area contributed by atoms with Gasteiger partial charge in [0.1, 0.15) is 13.2 Å². The summed E-state index contributed by atoms with van der Waals surface area (Å²) in [5, 5.41) is 0. The second kappa shape index (κ2) is 46.0. The van der Waals surface area contributed by atoms with E-state index in [9.17, 15) is 14.4 Å². The highest BCUT2D eigenvalue weighted by Gasteiger charge is 2.19. The largest absolute Gasteiger partial charge is 0.462 e. The lowest BCUT2D eigenvalue weighted by molar-refractivity contribution is -0.166. The molecule has 0 amide bonds. The van der Waals surface area contributed by atoms with Gasteiger partial charge in [-0.3, -0.25) is 14.4 Å². The summed E-state index contributed by atoms with van der Waals surface area (Å²) in [5.74, 6) is -1.04. The Morgan fingerprint density at radius 1 is 0.362 bits per heavy atom. The van der Waals surface area contributed by atoms with Gasteiger partial charge in [0.15, 0.2) is 6.10 Å². The van der Waals surface area contributed by atoms with Gasteiger partial charge in [0.2, 0.25) is 0 Å². The van der Waals surface area contributed by atoms with Gasteiger partial charge in [-0.05, 0) is 96.3 Å². The average Bonchev–Trinajstić information content (AvgIpc) is 3.22. The summed E-state index contributed by atoms with van der Waals surface area (Å²) in [7, 11) is 0. The fraction of sp³-hybridized carbons (Fsp3) is 0.635. The van der Waals surface area contributed by atoms with Crippen molar-refractivity contribution in [1.82, 2.24) is 0 Å². The van der Waals surface area contributed by atoms with Gasteiger partial charge in [0.25, 0.3) is 0 Å². The monoisotopic (exact) mass is 805 g/mol. The van der Waals surface area contributed by atoms with E-state index in [0.29, 0.717) is 19.3 Å². The van der Waals surface area contributed by atoms with Gasteiger partial charge in [-0.2, -0.15) is 0 Å². The summed E-state index contributed by atoms with van der Waals surface area (Å²) in [4.78, 5) is 37.8. The van der Waals surface area contributed by atoms with Crippen LogP contribution < -0.4 is 0 Å². The van der Waals surface area contributed by atoms with Crippen LogP contribution in [0, 0.1) is 0 Å².